The monoisotopic (exact) mass is 313 g/mol. The molecule has 0 amide bonds. The fourth-order valence-corrected chi connectivity index (χ4v) is 2.70. The van der Waals surface area contributed by atoms with E-state index in [1.807, 2.05) is 19.1 Å². The molecular weight excluding hydrogens is 293 g/mol. The van der Waals surface area contributed by atoms with Gasteiger partial charge in [0.25, 0.3) is 0 Å². The van der Waals surface area contributed by atoms with Gasteiger partial charge in [0.1, 0.15) is 5.82 Å². The van der Waals surface area contributed by atoms with Crippen molar-refractivity contribution >= 4 is 10.9 Å². The van der Waals surface area contributed by atoms with Crippen molar-refractivity contribution in [3.63, 3.8) is 0 Å². The Morgan fingerprint density at radius 1 is 1.22 bits per heavy atom. The maximum Gasteiger partial charge on any atom is 0.123 e. The molecule has 0 aliphatic heterocycles. The molecule has 0 fully saturated rings. The van der Waals surface area contributed by atoms with Crippen molar-refractivity contribution in [2.75, 3.05) is 0 Å². The Bertz CT molecular complexity index is 769. The third-order valence-electron chi connectivity index (χ3n) is 4.04. The molecule has 0 radical (unpaired) electrons. The normalized spacial score (nSPS) is 14.0. The van der Waals surface area contributed by atoms with E-state index in [9.17, 15) is 9.50 Å². The van der Waals surface area contributed by atoms with Gasteiger partial charge in [-0.1, -0.05) is 30.3 Å². The zero-order valence-corrected chi connectivity index (χ0v) is 13.0. The van der Waals surface area contributed by atoms with Crippen molar-refractivity contribution in [3.8, 4) is 0 Å². The van der Waals surface area contributed by atoms with E-state index in [0.717, 1.165) is 22.0 Å². The van der Waals surface area contributed by atoms with E-state index in [-0.39, 0.29) is 11.9 Å². The Balaban J connectivity index is 1.58. The lowest BCUT2D eigenvalue weighted by atomic mass is 10.0. The first-order chi connectivity index (χ1) is 11.1. The van der Waals surface area contributed by atoms with Gasteiger partial charge >= 0.3 is 0 Å². The number of nitrogens with one attached hydrogen (secondary N) is 2. The Morgan fingerprint density at radius 3 is 2.78 bits per heavy atom. The molecule has 2 atom stereocenters. The summed E-state index contributed by atoms with van der Waals surface area (Å²) in [6.45, 7) is 2.72. The number of fused-ring (bicyclic) bond motifs is 1. The largest absolute Gasteiger partial charge is 0.388 e. The molecule has 23 heavy (non-hydrogen) atoms. The predicted molar refractivity (Wildman–Crippen MR) is 88.4 cm³/mol. The predicted octanol–water partition coefficient (Wildman–Crippen LogP) is 3.30. The lowest BCUT2D eigenvalue weighted by Gasteiger charge is -2.18. The van der Waals surface area contributed by atoms with E-state index in [1.165, 1.54) is 12.1 Å². The Hall–Kier alpha value is -2.24. The third kappa shape index (κ3) is 3.75. The van der Waals surface area contributed by atoms with Gasteiger partial charge in [-0.25, -0.2) is 4.39 Å². The second kappa shape index (κ2) is 6.89. The van der Waals surface area contributed by atoms with Crippen molar-refractivity contribution in [2.24, 2.45) is 0 Å². The van der Waals surface area contributed by atoms with Crippen LogP contribution in [-0.2, 0) is 6.54 Å². The summed E-state index contributed by atoms with van der Waals surface area (Å²) in [6.07, 6.45) is 1.76. The molecule has 0 spiro atoms. The number of para-hydroxylation sites is 1. The topological polar surface area (TPSA) is 60.9 Å². The average Bonchev–Trinajstić information content (AvgIpc) is 3.02. The minimum Gasteiger partial charge on any atom is -0.388 e. The second-order valence-corrected chi connectivity index (χ2v) is 5.84. The zero-order chi connectivity index (χ0) is 16.2. The average molecular weight is 313 g/mol. The van der Waals surface area contributed by atoms with Gasteiger partial charge < -0.3 is 10.4 Å². The summed E-state index contributed by atoms with van der Waals surface area (Å²) in [5.41, 5.74) is 2.91. The number of aliphatic hydroxyl groups excluding tert-OH is 1. The molecule has 0 unspecified atom stereocenters. The maximum absolute atomic E-state index is 12.9. The smallest absolute Gasteiger partial charge is 0.123 e. The van der Waals surface area contributed by atoms with Crippen LogP contribution in [0.3, 0.4) is 0 Å². The van der Waals surface area contributed by atoms with Crippen LogP contribution in [0.2, 0.25) is 0 Å². The zero-order valence-electron chi connectivity index (χ0n) is 13.0. The molecule has 3 N–H and O–H groups in total. The highest BCUT2D eigenvalue weighted by molar-refractivity contribution is 5.81. The molecule has 4 nitrogen and oxygen atoms in total. The Labute approximate surface area is 134 Å². The van der Waals surface area contributed by atoms with Crippen LogP contribution in [-0.4, -0.2) is 21.3 Å². The number of aromatic amines is 1. The standard InChI is InChI=1S/C18H20FN3O/c1-12(9-17(23)13-5-7-16(19)8-6-13)20-10-14-3-2-4-15-11-21-22-18(14)15/h2-8,11-12,17,20,23H,9-10H2,1H3,(H,21,22)/t12-,17-/m0/s1. The number of halogens is 1. The summed E-state index contributed by atoms with van der Waals surface area (Å²) in [7, 11) is 0. The number of nitrogens with zero attached hydrogens (tertiary/aromatic N) is 1. The minimum absolute atomic E-state index is 0.119. The number of hydrogen-bond acceptors (Lipinski definition) is 3. The van der Waals surface area contributed by atoms with E-state index in [0.29, 0.717) is 13.0 Å². The quantitative estimate of drug-likeness (QED) is 0.654. The fourth-order valence-electron chi connectivity index (χ4n) is 2.70. The Kier molecular flexibility index (Phi) is 4.69. The van der Waals surface area contributed by atoms with Crippen molar-refractivity contribution in [1.82, 2.24) is 15.5 Å². The van der Waals surface area contributed by atoms with E-state index >= 15 is 0 Å². The van der Waals surface area contributed by atoms with Gasteiger partial charge in [0.05, 0.1) is 17.8 Å². The van der Waals surface area contributed by atoms with Crippen LogP contribution in [0.1, 0.15) is 30.6 Å². The van der Waals surface area contributed by atoms with Crippen molar-refractivity contribution in [1.29, 1.82) is 0 Å². The molecule has 0 saturated carbocycles. The maximum atomic E-state index is 12.9. The summed E-state index contributed by atoms with van der Waals surface area (Å²) in [6, 6.07) is 12.2. The number of H-pyrrole nitrogens is 1. The highest BCUT2D eigenvalue weighted by Crippen LogP contribution is 2.20. The first kappa shape index (κ1) is 15.6. The summed E-state index contributed by atoms with van der Waals surface area (Å²) in [4.78, 5) is 0. The first-order valence-electron chi connectivity index (χ1n) is 7.71. The van der Waals surface area contributed by atoms with Gasteiger partial charge in [-0.15, -0.1) is 0 Å². The molecule has 2 aromatic carbocycles. The van der Waals surface area contributed by atoms with E-state index in [4.69, 9.17) is 0 Å². The lowest BCUT2D eigenvalue weighted by molar-refractivity contribution is 0.154. The van der Waals surface area contributed by atoms with Crippen LogP contribution in [0, 0.1) is 5.82 Å². The molecule has 0 bridgehead atoms. The Morgan fingerprint density at radius 2 is 2.00 bits per heavy atom. The van der Waals surface area contributed by atoms with Gasteiger partial charge in [0.15, 0.2) is 0 Å². The molecule has 3 rings (SSSR count). The lowest BCUT2D eigenvalue weighted by Crippen LogP contribution is -2.27. The molecule has 0 saturated heterocycles. The molecule has 5 heteroatoms. The van der Waals surface area contributed by atoms with Crippen LogP contribution in [0.5, 0.6) is 0 Å². The van der Waals surface area contributed by atoms with Crippen molar-refractivity contribution in [3.05, 3.63) is 65.6 Å². The summed E-state index contributed by atoms with van der Waals surface area (Å²) >= 11 is 0. The van der Waals surface area contributed by atoms with Crippen LogP contribution in [0.15, 0.2) is 48.7 Å². The molecule has 0 aliphatic rings. The molecule has 120 valence electrons. The summed E-state index contributed by atoms with van der Waals surface area (Å²) in [5.74, 6) is -0.292. The van der Waals surface area contributed by atoms with Crippen LogP contribution >= 0.6 is 0 Å². The van der Waals surface area contributed by atoms with E-state index in [1.54, 1.807) is 18.3 Å². The van der Waals surface area contributed by atoms with Gasteiger partial charge in [-0.2, -0.15) is 5.10 Å². The number of rotatable bonds is 6. The molecule has 0 aliphatic carbocycles. The van der Waals surface area contributed by atoms with Crippen molar-refractivity contribution in [2.45, 2.75) is 32.0 Å². The van der Waals surface area contributed by atoms with Gasteiger partial charge in [0, 0.05) is 18.0 Å². The van der Waals surface area contributed by atoms with E-state index in [2.05, 4.69) is 21.6 Å². The number of aromatic nitrogens is 2. The highest BCUT2D eigenvalue weighted by atomic mass is 19.1. The van der Waals surface area contributed by atoms with Crippen LogP contribution < -0.4 is 5.32 Å². The molecule has 1 heterocycles. The number of hydrogen-bond donors (Lipinski definition) is 3. The van der Waals surface area contributed by atoms with E-state index < -0.39 is 6.10 Å². The third-order valence-corrected chi connectivity index (χ3v) is 4.04. The SMILES string of the molecule is C[C@@H](C[C@H](O)c1ccc(F)cc1)NCc1cccc2cn[nH]c12. The van der Waals surface area contributed by atoms with Gasteiger partial charge in [0.2, 0.25) is 0 Å². The number of benzene rings is 2. The van der Waals surface area contributed by atoms with Gasteiger partial charge in [-0.05, 0) is 36.6 Å². The molecular formula is C18H20FN3O. The van der Waals surface area contributed by atoms with Crippen LogP contribution in [0.4, 0.5) is 4.39 Å². The summed E-state index contributed by atoms with van der Waals surface area (Å²) < 4.78 is 12.9. The summed E-state index contributed by atoms with van der Waals surface area (Å²) in [5, 5.41) is 21.8. The molecule has 1 aromatic heterocycles. The minimum atomic E-state index is -0.610. The number of aliphatic hydroxyl groups is 1. The van der Waals surface area contributed by atoms with Gasteiger partial charge in [-0.3, -0.25) is 5.10 Å². The van der Waals surface area contributed by atoms with Crippen LogP contribution in [0.25, 0.3) is 10.9 Å². The second-order valence-electron chi connectivity index (χ2n) is 5.84. The van der Waals surface area contributed by atoms with Crippen molar-refractivity contribution < 1.29 is 9.50 Å². The molecule has 3 aromatic rings. The first-order valence-corrected chi connectivity index (χ1v) is 7.71. The fraction of sp³-hybridized carbons (Fsp3) is 0.278. The highest BCUT2D eigenvalue weighted by Gasteiger charge is 2.13.